The summed E-state index contributed by atoms with van der Waals surface area (Å²) in [4.78, 5) is 0. The molecule has 0 bridgehead atoms. The van der Waals surface area contributed by atoms with Crippen LogP contribution in [0.3, 0.4) is 0 Å². The van der Waals surface area contributed by atoms with Crippen LogP contribution in [0, 0.1) is 6.92 Å². The summed E-state index contributed by atoms with van der Waals surface area (Å²) in [5, 5.41) is 3.46. The zero-order valence-electron chi connectivity index (χ0n) is 8.75. The Kier molecular flexibility index (Phi) is 1.78. The predicted octanol–water partition coefficient (Wildman–Crippen LogP) is 3.59. The lowest BCUT2D eigenvalue weighted by Crippen LogP contribution is -2.08. The van der Waals surface area contributed by atoms with Crippen LogP contribution in [0.1, 0.15) is 11.1 Å². The predicted molar refractivity (Wildman–Crippen MR) is 63.9 cm³/mol. The van der Waals surface area contributed by atoms with E-state index in [0.717, 1.165) is 6.54 Å². The summed E-state index contributed by atoms with van der Waals surface area (Å²) < 4.78 is 0. The zero-order chi connectivity index (χ0) is 10.3. The molecule has 0 aromatic heterocycles. The summed E-state index contributed by atoms with van der Waals surface area (Å²) in [7, 11) is 0. The van der Waals surface area contributed by atoms with Gasteiger partial charge >= 0.3 is 0 Å². The molecule has 0 saturated carbocycles. The molecule has 1 nitrogen and oxygen atoms in total. The summed E-state index contributed by atoms with van der Waals surface area (Å²) in [5.74, 6) is 0. The van der Waals surface area contributed by atoms with E-state index in [0.29, 0.717) is 0 Å². The van der Waals surface area contributed by atoms with Gasteiger partial charge in [-0.15, -0.1) is 0 Å². The minimum atomic E-state index is 0.937. The number of fused-ring (bicyclic) bond motifs is 3. The number of rotatable bonds is 0. The summed E-state index contributed by atoms with van der Waals surface area (Å²) in [6.45, 7) is 3.06. The molecule has 3 rings (SSSR count). The highest BCUT2D eigenvalue weighted by Gasteiger charge is 2.13. The van der Waals surface area contributed by atoms with Crippen molar-refractivity contribution in [2.45, 2.75) is 13.5 Å². The van der Waals surface area contributed by atoms with Crippen molar-refractivity contribution < 1.29 is 0 Å². The summed E-state index contributed by atoms with van der Waals surface area (Å²) in [6.07, 6.45) is 0. The van der Waals surface area contributed by atoms with E-state index >= 15 is 0 Å². The van der Waals surface area contributed by atoms with Gasteiger partial charge < -0.3 is 5.32 Å². The van der Waals surface area contributed by atoms with E-state index < -0.39 is 0 Å². The Morgan fingerprint density at radius 1 is 1.00 bits per heavy atom. The Morgan fingerprint density at radius 2 is 1.87 bits per heavy atom. The van der Waals surface area contributed by atoms with Gasteiger partial charge in [0.2, 0.25) is 0 Å². The largest absolute Gasteiger partial charge is 0.380 e. The van der Waals surface area contributed by atoms with E-state index in [2.05, 4.69) is 54.7 Å². The van der Waals surface area contributed by atoms with Gasteiger partial charge in [-0.1, -0.05) is 36.4 Å². The van der Waals surface area contributed by atoms with Crippen LogP contribution in [0.5, 0.6) is 0 Å². The first kappa shape index (κ1) is 8.54. The summed E-state index contributed by atoms with van der Waals surface area (Å²) in [5.41, 5.74) is 6.64. The van der Waals surface area contributed by atoms with Gasteiger partial charge in [0.05, 0.1) is 0 Å². The van der Waals surface area contributed by atoms with E-state index in [1.54, 1.807) is 0 Å². The van der Waals surface area contributed by atoms with E-state index in [9.17, 15) is 0 Å². The van der Waals surface area contributed by atoms with Crippen molar-refractivity contribution in [1.82, 2.24) is 0 Å². The maximum Gasteiger partial charge on any atom is 0.0425 e. The van der Waals surface area contributed by atoms with Crippen molar-refractivity contribution in [3.8, 4) is 11.1 Å². The maximum absolute atomic E-state index is 3.46. The second-order valence-electron chi connectivity index (χ2n) is 4.06. The fourth-order valence-electron chi connectivity index (χ4n) is 2.17. The molecule has 74 valence electrons. The molecule has 0 atom stereocenters. The van der Waals surface area contributed by atoms with Crippen LogP contribution >= 0.6 is 0 Å². The second-order valence-corrected chi connectivity index (χ2v) is 4.06. The van der Waals surface area contributed by atoms with Crippen molar-refractivity contribution in [2.75, 3.05) is 5.32 Å². The van der Waals surface area contributed by atoms with Crippen molar-refractivity contribution in [2.24, 2.45) is 0 Å². The topological polar surface area (TPSA) is 12.0 Å². The third-order valence-electron chi connectivity index (χ3n) is 2.95. The molecule has 0 spiro atoms. The standard InChI is InChI=1S/C14H13N/c1-10-6-7-13-12-5-3-2-4-11(12)9-15-14(13)8-10/h2-8,15H,9H2,1H3. The smallest absolute Gasteiger partial charge is 0.0425 e. The number of anilines is 1. The highest BCUT2D eigenvalue weighted by Crippen LogP contribution is 2.35. The first-order valence-electron chi connectivity index (χ1n) is 5.27. The number of benzene rings is 2. The van der Waals surface area contributed by atoms with Gasteiger partial charge in [0, 0.05) is 17.8 Å². The average Bonchev–Trinajstić information content (AvgIpc) is 2.28. The molecule has 0 fully saturated rings. The Labute approximate surface area is 89.8 Å². The minimum Gasteiger partial charge on any atom is -0.380 e. The third kappa shape index (κ3) is 1.32. The summed E-state index contributed by atoms with van der Waals surface area (Å²) >= 11 is 0. The first-order chi connectivity index (χ1) is 7.34. The zero-order valence-corrected chi connectivity index (χ0v) is 8.75. The van der Waals surface area contributed by atoms with E-state index in [1.165, 1.54) is 27.9 Å². The lowest BCUT2D eigenvalue weighted by atomic mass is 9.94. The molecule has 15 heavy (non-hydrogen) atoms. The van der Waals surface area contributed by atoms with Gasteiger partial charge in [0.25, 0.3) is 0 Å². The Bertz CT molecular complexity index is 514. The van der Waals surface area contributed by atoms with Gasteiger partial charge in [-0.25, -0.2) is 0 Å². The highest BCUT2D eigenvalue weighted by molar-refractivity contribution is 5.83. The van der Waals surface area contributed by atoms with Crippen LogP contribution in [-0.4, -0.2) is 0 Å². The van der Waals surface area contributed by atoms with E-state index in [-0.39, 0.29) is 0 Å². The molecular formula is C14H13N. The molecule has 2 aromatic carbocycles. The van der Waals surface area contributed by atoms with Crippen LogP contribution < -0.4 is 5.32 Å². The lowest BCUT2D eigenvalue weighted by Gasteiger charge is -2.21. The van der Waals surface area contributed by atoms with Crippen LogP contribution in [0.2, 0.25) is 0 Å². The molecular weight excluding hydrogens is 182 g/mol. The third-order valence-corrected chi connectivity index (χ3v) is 2.95. The molecule has 1 aliphatic heterocycles. The summed E-state index contributed by atoms with van der Waals surface area (Å²) in [6, 6.07) is 15.2. The van der Waals surface area contributed by atoms with E-state index in [4.69, 9.17) is 0 Å². The van der Waals surface area contributed by atoms with Gasteiger partial charge in [0.1, 0.15) is 0 Å². The Balaban J connectivity index is 2.26. The van der Waals surface area contributed by atoms with Gasteiger partial charge in [0.15, 0.2) is 0 Å². The van der Waals surface area contributed by atoms with Gasteiger partial charge in [-0.3, -0.25) is 0 Å². The minimum absolute atomic E-state index is 0.937. The Hall–Kier alpha value is -1.76. The fourth-order valence-corrected chi connectivity index (χ4v) is 2.17. The van der Waals surface area contributed by atoms with Crippen LogP contribution in [0.4, 0.5) is 5.69 Å². The number of hydrogen-bond acceptors (Lipinski definition) is 1. The SMILES string of the molecule is Cc1ccc2c(c1)NCc1ccccc1-2. The van der Waals surface area contributed by atoms with Gasteiger partial charge in [-0.05, 0) is 29.7 Å². The molecule has 2 aromatic rings. The van der Waals surface area contributed by atoms with Crippen molar-refractivity contribution in [3.05, 3.63) is 53.6 Å². The van der Waals surface area contributed by atoms with Crippen LogP contribution in [0.15, 0.2) is 42.5 Å². The lowest BCUT2D eigenvalue weighted by molar-refractivity contribution is 1.12. The number of aryl methyl sites for hydroxylation is 1. The molecule has 1 N–H and O–H groups in total. The molecule has 0 radical (unpaired) electrons. The second kappa shape index (κ2) is 3.13. The Morgan fingerprint density at radius 3 is 2.80 bits per heavy atom. The molecule has 0 unspecified atom stereocenters. The van der Waals surface area contributed by atoms with Crippen LogP contribution in [-0.2, 0) is 6.54 Å². The fraction of sp³-hybridized carbons (Fsp3) is 0.143. The van der Waals surface area contributed by atoms with Crippen molar-refractivity contribution >= 4 is 5.69 Å². The highest BCUT2D eigenvalue weighted by atomic mass is 14.9. The molecule has 0 amide bonds. The maximum atomic E-state index is 3.46. The van der Waals surface area contributed by atoms with Crippen LogP contribution in [0.25, 0.3) is 11.1 Å². The first-order valence-corrected chi connectivity index (χ1v) is 5.27. The van der Waals surface area contributed by atoms with Crippen molar-refractivity contribution in [1.29, 1.82) is 0 Å². The molecule has 0 saturated heterocycles. The molecule has 0 aliphatic carbocycles. The number of nitrogens with one attached hydrogen (secondary N) is 1. The average molecular weight is 195 g/mol. The van der Waals surface area contributed by atoms with E-state index in [1.807, 2.05) is 0 Å². The normalized spacial score (nSPS) is 12.6. The van der Waals surface area contributed by atoms with Crippen molar-refractivity contribution in [3.63, 3.8) is 0 Å². The molecule has 1 heteroatoms. The monoisotopic (exact) mass is 195 g/mol. The molecule has 1 aliphatic rings. The quantitative estimate of drug-likeness (QED) is 0.677. The number of hydrogen-bond donors (Lipinski definition) is 1. The van der Waals surface area contributed by atoms with Gasteiger partial charge in [-0.2, -0.15) is 0 Å². The molecule has 1 heterocycles.